The van der Waals surface area contributed by atoms with Gasteiger partial charge in [0.05, 0.1) is 71.0 Å². The maximum Gasteiger partial charge on any atom is 0.442 e. The number of amides is 4. The molecule has 6 aromatic rings. The van der Waals surface area contributed by atoms with Gasteiger partial charge in [0, 0.05) is 17.9 Å². The largest absolute Gasteiger partial charge is 0.778 e. The van der Waals surface area contributed by atoms with Gasteiger partial charge in [0.1, 0.15) is 30.7 Å². The third kappa shape index (κ3) is 30.4. The molecule has 0 spiro atoms. The summed E-state index contributed by atoms with van der Waals surface area (Å²) in [6, 6.07) is 10.00. The molecule has 516 valence electrons. The smallest absolute Gasteiger partial charge is 0.442 e. The number of urea groups is 2. The van der Waals surface area contributed by atoms with Crippen molar-refractivity contribution in [1.82, 2.24) is 49.5 Å². The highest BCUT2D eigenvalue weighted by atomic mass is 35.5. The summed E-state index contributed by atoms with van der Waals surface area (Å²) < 4.78 is 173. The molecule has 94 heavy (non-hydrogen) atoms. The maximum atomic E-state index is 12.5. The van der Waals surface area contributed by atoms with E-state index in [1.807, 2.05) is 26.1 Å². The van der Waals surface area contributed by atoms with Crippen molar-refractivity contribution in [3.63, 3.8) is 0 Å². The first kappa shape index (κ1) is 81.5. The normalized spacial score (nSPS) is 11.8. The number of carbonyl (C=O) groups excluding carboxylic acids is 2. The summed E-state index contributed by atoms with van der Waals surface area (Å²) in [7, 11) is -11.6. The average Bonchev–Trinajstić information content (AvgIpc) is 1.53. The number of methoxy groups -OCH3 is 1. The van der Waals surface area contributed by atoms with Crippen LogP contribution in [0.5, 0.6) is 23.5 Å². The van der Waals surface area contributed by atoms with Crippen molar-refractivity contribution in [2.45, 2.75) is 75.1 Å². The molecule has 3 aromatic heterocycles. The van der Waals surface area contributed by atoms with Gasteiger partial charge in [-0.2, -0.15) is 60.3 Å². The minimum absolute atomic E-state index is 0.0434. The van der Waals surface area contributed by atoms with Crippen LogP contribution in [0.1, 0.15) is 54.8 Å². The van der Waals surface area contributed by atoms with Crippen LogP contribution in [0.2, 0.25) is 10.0 Å². The molecule has 31 nitrogen and oxygen atoms in total. The number of halogens is 9. The Bertz CT molecular complexity index is 3950. The number of hydrogen-bond donors (Lipinski definition) is 8. The first-order valence-corrected chi connectivity index (χ1v) is 33.1. The molecule has 0 saturated heterocycles. The van der Waals surface area contributed by atoms with E-state index in [-0.39, 0.29) is 40.0 Å². The molecule has 0 saturated carbocycles. The van der Waals surface area contributed by atoms with Gasteiger partial charge >= 0.3 is 55.2 Å². The number of carboxylic acids is 2. The molecule has 0 aliphatic carbocycles. The van der Waals surface area contributed by atoms with Crippen molar-refractivity contribution in [1.29, 1.82) is 0 Å². The summed E-state index contributed by atoms with van der Waals surface area (Å²) in [6.45, 7) is -0.105. The Kier molecular flexibility index (Phi) is 31.8. The monoisotopic (exact) mass is 1460 g/mol. The van der Waals surface area contributed by atoms with E-state index in [4.69, 9.17) is 58.6 Å². The van der Waals surface area contributed by atoms with E-state index in [0.717, 1.165) is 22.9 Å². The third-order valence-electron chi connectivity index (χ3n) is 9.58. The molecular formula is C50H56Cl2F7N12O19PS3. The number of aryl methyl sites for hydroxylation is 2. The fraction of sp³-hybridized carbons (Fsp3) is 0.340. The number of anilines is 2. The lowest BCUT2D eigenvalue weighted by Gasteiger charge is -2.14. The summed E-state index contributed by atoms with van der Waals surface area (Å²) in [5.74, 6) is -3.37. The Morgan fingerprint density at radius 1 is 0.819 bits per heavy atom. The number of benzene rings is 3. The van der Waals surface area contributed by atoms with Crippen LogP contribution in [-0.2, 0) is 52.1 Å². The molecule has 44 heteroatoms. The number of nitrogens with one attached hydrogen (secondary N) is 5. The molecular weight excluding hydrogens is 1400 g/mol. The van der Waals surface area contributed by atoms with Crippen LogP contribution in [0.4, 0.5) is 52.2 Å². The predicted octanol–water partition coefficient (Wildman–Crippen LogP) is 6.18. The minimum atomic E-state index is -4.71. The topological polar surface area (TPSA) is 447 Å². The van der Waals surface area contributed by atoms with Crippen LogP contribution in [0, 0.1) is 19.3 Å². The van der Waals surface area contributed by atoms with Gasteiger partial charge in [0.2, 0.25) is 29.5 Å². The lowest BCUT2D eigenvalue weighted by molar-refractivity contribution is -0.193. The molecule has 1 unspecified atom stereocenters. The van der Waals surface area contributed by atoms with E-state index in [1.54, 1.807) is 10.0 Å². The van der Waals surface area contributed by atoms with Crippen molar-refractivity contribution in [2.75, 3.05) is 55.9 Å². The number of aliphatic carboxylic acids is 1. The molecule has 0 fully saturated rings. The molecule has 0 aliphatic heterocycles. The van der Waals surface area contributed by atoms with Crippen LogP contribution in [0.25, 0.3) is 5.69 Å². The Morgan fingerprint density at radius 3 is 1.80 bits per heavy atom. The number of ether oxygens (including phenoxy) is 4. The molecule has 1 atom stereocenters. The van der Waals surface area contributed by atoms with Gasteiger partial charge in [-0.15, -0.1) is 11.5 Å². The van der Waals surface area contributed by atoms with Crippen molar-refractivity contribution in [3.05, 3.63) is 110 Å². The van der Waals surface area contributed by atoms with Gasteiger partial charge in [-0.05, 0) is 54.1 Å². The molecule has 3 heterocycles. The van der Waals surface area contributed by atoms with Crippen molar-refractivity contribution >= 4 is 97.6 Å². The van der Waals surface area contributed by atoms with E-state index in [9.17, 15) is 81.0 Å². The van der Waals surface area contributed by atoms with Crippen LogP contribution in [0.3, 0.4) is 0 Å². The van der Waals surface area contributed by atoms with E-state index in [1.165, 1.54) is 61.2 Å². The number of terminal acetylenes is 1. The highest BCUT2D eigenvalue weighted by molar-refractivity contribution is 7.94. The third-order valence-corrected chi connectivity index (χ3v) is 13.6. The number of aromatic nitrogens is 7. The molecule has 0 bridgehead atoms. The Balaban J connectivity index is 0.000000438. The van der Waals surface area contributed by atoms with Gasteiger partial charge < -0.3 is 47.9 Å². The number of sulfonamides is 2. The zero-order valence-electron chi connectivity index (χ0n) is 49.7. The van der Waals surface area contributed by atoms with Gasteiger partial charge in [0.15, 0.2) is 0 Å². The van der Waals surface area contributed by atoms with Crippen molar-refractivity contribution in [3.8, 4) is 41.6 Å². The van der Waals surface area contributed by atoms with E-state index >= 15 is 0 Å². The van der Waals surface area contributed by atoms with Gasteiger partial charge in [-0.25, -0.2) is 45.5 Å². The number of nitrogens with zero attached hydrogens (tertiary/aromatic N) is 7. The molecule has 4 amide bonds. The van der Waals surface area contributed by atoms with Crippen LogP contribution >= 0.6 is 30.8 Å². The SMILES string of the molecule is C#CCOc1cc(-n2nc(C(C)(C)C)oc2=O)c(Cl)cc1Cl.COc1nc(C)nc(NC(=O)NS(=O)(=O)c2ccccc2CCC(F)(F)F)n1.C[S+](C)C.O=C(Nc1nc(OC(F)F)cc(OC(F)F)n1)NS(=O)(=O)c1ccccc1C(=O)O.O=C(O)CNCP(=O)([O-])O. The first-order valence-electron chi connectivity index (χ1n) is 25.2. The number of aromatic carboxylic acids is 1. The summed E-state index contributed by atoms with van der Waals surface area (Å²) >= 11 is 12.2. The fourth-order valence-electron chi connectivity index (χ4n) is 6.05. The molecule has 6 rings (SSSR count). The second kappa shape index (κ2) is 36.7. The van der Waals surface area contributed by atoms with Gasteiger partial charge in [-0.1, -0.05) is 80.2 Å². The van der Waals surface area contributed by atoms with E-state index < -0.39 is 141 Å². The molecule has 8 N–H and O–H groups in total. The Morgan fingerprint density at radius 2 is 1.33 bits per heavy atom. The molecule has 0 radical (unpaired) electrons. The first-order chi connectivity index (χ1) is 43.4. The number of carboxylic acid groups (broad SMARTS) is 2. The summed E-state index contributed by atoms with van der Waals surface area (Å²) in [5, 5.41) is 27.5. The lowest BCUT2D eigenvalue weighted by atomic mass is 9.97. The van der Waals surface area contributed by atoms with Crippen molar-refractivity contribution < 1.29 is 115 Å². The number of rotatable bonds is 21. The van der Waals surface area contributed by atoms with Crippen LogP contribution < -0.4 is 55.0 Å². The highest BCUT2D eigenvalue weighted by Gasteiger charge is 2.30. The zero-order chi connectivity index (χ0) is 71.7. The fourth-order valence-corrected chi connectivity index (χ4v) is 9.25. The number of carbonyl (C=O) groups is 4. The standard InChI is InChI=1S/C15H14Cl2N2O3.C15H16F3N5O4S.C14H10F4N4O7S.C3H8NO5P.C3H9S/c1-5-6-21-12-8-11(9(16)7-10(12)17)19-14(20)22-13(18-19)15(2,3)4;1-9-19-12(22-14(20-9)27-2)21-13(24)23-28(25,26)11-6-4-3-5-10(11)7-8-15(16,17)18;15-11(16)28-8-5-9(29-12(17)18)20-13(19-8)21-14(25)22-30(26,27)7-4-2-1-3-6(7)10(23)24;5-3(6)1-4-2-10(7,8)9;1-4(2)3/h1,7-8H,6H2,2-4H3;3-6H,7-8H2,1-2H3,(H2,19,20,21,22,23,24);1-5,11-12H,(H,23,24)(H2,19,20,21,22,25);4H,1-2H2,(H,5,6)(H2,7,8,9);1-3H3/q;;;;+1/p-1. The summed E-state index contributed by atoms with van der Waals surface area (Å²) in [4.78, 5) is 91.6. The predicted molar refractivity (Wildman–Crippen MR) is 320 cm³/mol. The van der Waals surface area contributed by atoms with E-state index in [2.05, 4.69) is 69.5 Å². The highest BCUT2D eigenvalue weighted by Crippen LogP contribution is 2.34. The number of hydrogen-bond acceptors (Lipinski definition) is 23. The quantitative estimate of drug-likeness (QED) is 0.0172. The summed E-state index contributed by atoms with van der Waals surface area (Å²) in [6.07, 6.45) is 4.83. The average molecular weight is 1460 g/mol. The Labute approximate surface area is 542 Å². The van der Waals surface area contributed by atoms with E-state index in [0.29, 0.717) is 34.3 Å². The minimum Gasteiger partial charge on any atom is -0.778 e. The lowest BCUT2D eigenvalue weighted by Crippen LogP contribution is -2.35. The van der Waals surface area contributed by atoms with Gasteiger partial charge in [-0.3, -0.25) is 20.7 Å². The van der Waals surface area contributed by atoms with Gasteiger partial charge in [0.25, 0.3) is 20.0 Å². The Hall–Kier alpha value is -8.62. The molecule has 0 aliphatic rings. The summed E-state index contributed by atoms with van der Waals surface area (Å²) in [5.41, 5.74) is -0.819. The second-order valence-corrected chi connectivity index (χ2v) is 27.0. The van der Waals surface area contributed by atoms with Crippen LogP contribution in [-0.4, -0.2) is 155 Å². The molecule has 3 aromatic carbocycles. The maximum absolute atomic E-state index is 12.5. The van der Waals surface area contributed by atoms with Crippen molar-refractivity contribution in [2.24, 2.45) is 0 Å². The second-order valence-electron chi connectivity index (χ2n) is 18.9. The number of alkyl halides is 7. The zero-order valence-corrected chi connectivity index (χ0v) is 54.6. The van der Waals surface area contributed by atoms with Crippen LogP contribution in [0.15, 0.2) is 85.7 Å².